The third-order valence-electron chi connectivity index (χ3n) is 4.14. The Bertz CT molecular complexity index is 865. The average Bonchev–Trinajstić information content (AvgIpc) is 2.64. The highest BCUT2D eigenvalue weighted by Crippen LogP contribution is 2.39. The van der Waals surface area contributed by atoms with Crippen LogP contribution in [0.4, 0.5) is 0 Å². The maximum absolute atomic E-state index is 4.59. The molecule has 0 radical (unpaired) electrons. The molecular formula is C16H17N3. The maximum Gasteiger partial charge on any atom is 0.0709 e. The lowest BCUT2D eigenvalue weighted by Gasteiger charge is -2.27. The van der Waals surface area contributed by atoms with Crippen molar-refractivity contribution in [3.05, 3.63) is 34.9 Å². The summed E-state index contributed by atoms with van der Waals surface area (Å²) in [6, 6.07) is 6.33. The minimum absolute atomic E-state index is 0.250. The van der Waals surface area contributed by atoms with Gasteiger partial charge in [0.2, 0.25) is 0 Å². The Morgan fingerprint density at radius 3 is 2.89 bits per heavy atom. The van der Waals surface area contributed by atoms with Crippen LogP contribution in [-0.2, 0) is 12.8 Å². The molecule has 2 aromatic heterocycles. The number of aromatic amines is 2. The van der Waals surface area contributed by atoms with Gasteiger partial charge in [0.15, 0.2) is 0 Å². The van der Waals surface area contributed by atoms with Gasteiger partial charge in [0.1, 0.15) is 0 Å². The Balaban J connectivity index is 2.30. The van der Waals surface area contributed by atoms with Crippen molar-refractivity contribution >= 4 is 28.3 Å². The Kier molecular flexibility index (Phi) is 1.88. The van der Waals surface area contributed by atoms with Crippen molar-refractivity contribution in [3.63, 3.8) is 0 Å². The van der Waals surface area contributed by atoms with E-state index in [0.717, 1.165) is 29.3 Å². The molecule has 0 saturated heterocycles. The molecule has 4 rings (SSSR count). The normalized spacial score (nSPS) is 17.2. The molecule has 3 heteroatoms. The summed E-state index contributed by atoms with van der Waals surface area (Å²) in [6.07, 6.45) is 2.07. The zero-order chi connectivity index (χ0) is 13.2. The van der Waals surface area contributed by atoms with Gasteiger partial charge in [-0.1, -0.05) is 32.6 Å². The van der Waals surface area contributed by atoms with Crippen LogP contribution in [0.2, 0.25) is 0 Å². The van der Waals surface area contributed by atoms with Crippen LogP contribution in [0.3, 0.4) is 0 Å². The first-order valence-electron chi connectivity index (χ1n) is 6.71. The Morgan fingerprint density at radius 1 is 1.21 bits per heavy atom. The van der Waals surface area contributed by atoms with Gasteiger partial charge in [0.25, 0.3) is 0 Å². The molecule has 1 aliphatic rings. The number of H-pyrrole nitrogens is 2. The van der Waals surface area contributed by atoms with Gasteiger partial charge in [0, 0.05) is 27.4 Å². The van der Waals surface area contributed by atoms with Crippen molar-refractivity contribution in [2.75, 3.05) is 0 Å². The number of nitrogens with one attached hydrogen (secondary N) is 2. The molecule has 2 heterocycles. The van der Waals surface area contributed by atoms with E-state index in [-0.39, 0.29) is 5.41 Å². The summed E-state index contributed by atoms with van der Waals surface area (Å²) in [4.78, 5) is 3.58. The van der Waals surface area contributed by atoms with E-state index in [9.17, 15) is 0 Å². The molecule has 0 fully saturated rings. The second-order valence-corrected chi connectivity index (χ2v) is 6.37. The lowest BCUT2D eigenvalue weighted by molar-refractivity contribution is 0.347. The molecule has 0 spiro atoms. The van der Waals surface area contributed by atoms with Gasteiger partial charge in [-0.25, -0.2) is 0 Å². The van der Waals surface area contributed by atoms with Gasteiger partial charge in [-0.3, -0.25) is 5.10 Å². The summed E-state index contributed by atoms with van der Waals surface area (Å²) in [7, 11) is 0. The van der Waals surface area contributed by atoms with E-state index in [4.69, 9.17) is 0 Å². The van der Waals surface area contributed by atoms with Gasteiger partial charge < -0.3 is 4.98 Å². The lowest BCUT2D eigenvalue weighted by atomic mass is 9.78. The van der Waals surface area contributed by atoms with Crippen molar-refractivity contribution in [1.29, 1.82) is 0 Å². The van der Waals surface area contributed by atoms with E-state index < -0.39 is 0 Å². The molecule has 0 amide bonds. The summed E-state index contributed by atoms with van der Waals surface area (Å²) in [5, 5.41) is 12.3. The van der Waals surface area contributed by atoms with Crippen molar-refractivity contribution < 1.29 is 0 Å². The third kappa shape index (κ3) is 1.41. The smallest absolute Gasteiger partial charge is 0.0709 e. The maximum atomic E-state index is 4.59. The number of nitrogens with zero attached hydrogens (tertiary/aromatic N) is 1. The second-order valence-electron chi connectivity index (χ2n) is 6.37. The topological polar surface area (TPSA) is 44.5 Å². The first-order chi connectivity index (χ1) is 9.05. The number of aromatic nitrogens is 3. The zero-order valence-corrected chi connectivity index (χ0v) is 11.3. The molecule has 3 aromatic rings. The van der Waals surface area contributed by atoms with Crippen LogP contribution < -0.4 is 5.35 Å². The average molecular weight is 251 g/mol. The largest absolute Gasteiger partial charge is 0.358 e. The van der Waals surface area contributed by atoms with Crippen LogP contribution >= 0.6 is 0 Å². The quantitative estimate of drug-likeness (QED) is 0.634. The van der Waals surface area contributed by atoms with E-state index in [1.165, 1.54) is 22.0 Å². The van der Waals surface area contributed by atoms with E-state index in [1.54, 1.807) is 0 Å². The van der Waals surface area contributed by atoms with Crippen LogP contribution in [0.5, 0.6) is 0 Å². The first kappa shape index (κ1) is 10.9. The first-order valence-corrected chi connectivity index (χ1v) is 6.71. The van der Waals surface area contributed by atoms with Crippen molar-refractivity contribution in [2.45, 2.75) is 26.7 Å². The van der Waals surface area contributed by atoms with Crippen LogP contribution in [0, 0.1) is 5.41 Å². The summed E-state index contributed by atoms with van der Waals surface area (Å²) in [5.41, 5.74) is 3.91. The third-order valence-corrected chi connectivity index (χ3v) is 4.14. The fraction of sp³-hybridized carbons (Fsp3) is 0.312. The molecule has 0 unspecified atom stereocenters. The van der Waals surface area contributed by atoms with Gasteiger partial charge in [0.05, 0.1) is 11.0 Å². The molecule has 2 N–H and O–H groups in total. The van der Waals surface area contributed by atoms with Gasteiger partial charge >= 0.3 is 0 Å². The fourth-order valence-electron chi connectivity index (χ4n) is 3.38. The summed E-state index contributed by atoms with van der Waals surface area (Å²) in [5.74, 6) is 0. The molecule has 96 valence electrons. The molecule has 1 aliphatic carbocycles. The highest BCUT2D eigenvalue weighted by atomic mass is 15.1. The van der Waals surface area contributed by atoms with E-state index >= 15 is 0 Å². The highest BCUT2D eigenvalue weighted by molar-refractivity contribution is 6.11. The SMILES string of the molecule is C=c1[nH]nc2c3c([nH]c4cccc1c43)CC(C)(C)C2. The lowest BCUT2D eigenvalue weighted by Crippen LogP contribution is -2.23. The van der Waals surface area contributed by atoms with Crippen molar-refractivity contribution in [1.82, 2.24) is 15.2 Å². The summed E-state index contributed by atoms with van der Waals surface area (Å²) >= 11 is 0. The van der Waals surface area contributed by atoms with Crippen LogP contribution in [-0.4, -0.2) is 15.2 Å². The Hall–Kier alpha value is -2.03. The van der Waals surface area contributed by atoms with Gasteiger partial charge in [-0.2, -0.15) is 5.10 Å². The van der Waals surface area contributed by atoms with Crippen LogP contribution in [0.25, 0.3) is 28.3 Å². The molecule has 0 atom stereocenters. The molecule has 0 aliphatic heterocycles. The minimum Gasteiger partial charge on any atom is -0.358 e. The predicted molar refractivity (Wildman–Crippen MR) is 78.7 cm³/mol. The van der Waals surface area contributed by atoms with E-state index in [1.807, 2.05) is 0 Å². The summed E-state index contributed by atoms with van der Waals surface area (Å²) < 4.78 is 0. The number of hydrogen-bond donors (Lipinski definition) is 2. The van der Waals surface area contributed by atoms with Crippen molar-refractivity contribution in [3.8, 4) is 0 Å². The molecular weight excluding hydrogens is 234 g/mol. The highest BCUT2D eigenvalue weighted by Gasteiger charge is 2.29. The van der Waals surface area contributed by atoms with Gasteiger partial charge in [-0.05, 0) is 24.3 Å². The molecule has 19 heavy (non-hydrogen) atoms. The Morgan fingerprint density at radius 2 is 2.05 bits per heavy atom. The second kappa shape index (κ2) is 3.29. The number of hydrogen-bond acceptors (Lipinski definition) is 1. The zero-order valence-electron chi connectivity index (χ0n) is 11.3. The summed E-state index contributed by atoms with van der Waals surface area (Å²) in [6.45, 7) is 8.69. The van der Waals surface area contributed by atoms with Crippen LogP contribution in [0.1, 0.15) is 25.2 Å². The fourth-order valence-corrected chi connectivity index (χ4v) is 3.38. The van der Waals surface area contributed by atoms with Crippen LogP contribution in [0.15, 0.2) is 18.2 Å². The van der Waals surface area contributed by atoms with Crippen molar-refractivity contribution in [2.24, 2.45) is 5.41 Å². The van der Waals surface area contributed by atoms with Gasteiger partial charge in [-0.15, -0.1) is 0 Å². The molecule has 3 nitrogen and oxygen atoms in total. The predicted octanol–water partition coefficient (Wildman–Crippen LogP) is 2.86. The molecule has 0 saturated carbocycles. The molecule has 0 bridgehead atoms. The minimum atomic E-state index is 0.250. The Labute approximate surface area is 111 Å². The van der Waals surface area contributed by atoms with E-state index in [0.29, 0.717) is 0 Å². The number of benzene rings is 1. The number of rotatable bonds is 0. The van der Waals surface area contributed by atoms with E-state index in [2.05, 4.69) is 53.8 Å². The monoisotopic (exact) mass is 251 g/mol. The standard InChI is InChI=1S/C16H17N3/c1-9-10-5-4-6-11-14(10)15-12(17-11)7-16(2,3)8-13(15)19-18-9/h4-6,17-18H,1,7-8H2,2-3H3. The molecule has 1 aromatic carbocycles.